The van der Waals surface area contributed by atoms with E-state index in [4.69, 9.17) is 28.5 Å². The van der Waals surface area contributed by atoms with Gasteiger partial charge < -0.3 is 38.7 Å². The molecule has 1 aliphatic heterocycles. The van der Waals surface area contributed by atoms with Crippen LogP contribution in [0.1, 0.15) is 73.1 Å². The summed E-state index contributed by atoms with van der Waals surface area (Å²) < 4.78 is 61.6. The number of hydrogen-bond acceptors (Lipinski definition) is 10. The van der Waals surface area contributed by atoms with Gasteiger partial charge in [-0.05, 0) is 90.6 Å². The van der Waals surface area contributed by atoms with E-state index in [1.165, 1.54) is 25.3 Å². The smallest absolute Gasteiger partial charge is 0.410 e. The monoisotopic (exact) mass is 894 g/mol. The zero-order chi connectivity index (χ0) is 45.6. The lowest BCUT2D eigenvalue weighted by Crippen LogP contribution is -2.70. The molecule has 4 aromatic rings. The highest BCUT2D eigenvalue weighted by molar-refractivity contribution is 6.03. The normalized spacial score (nSPS) is 22.5. The lowest BCUT2D eigenvalue weighted by molar-refractivity contribution is -0.256. The number of fused-ring (bicyclic) bond motifs is 2. The molecule has 11 nitrogen and oxygen atoms in total. The van der Waals surface area contributed by atoms with Gasteiger partial charge >= 0.3 is 6.09 Å². The maximum atomic E-state index is 14.8. The van der Waals surface area contributed by atoms with E-state index in [0.717, 1.165) is 42.4 Å². The van der Waals surface area contributed by atoms with Crippen LogP contribution < -0.4 is 9.47 Å². The predicted octanol–water partition coefficient (Wildman–Crippen LogP) is 9.66. The van der Waals surface area contributed by atoms with Gasteiger partial charge in [-0.15, -0.1) is 6.58 Å². The van der Waals surface area contributed by atoms with E-state index in [1.54, 1.807) is 47.4 Å². The van der Waals surface area contributed by atoms with Crippen LogP contribution in [0, 0.1) is 29.4 Å². The van der Waals surface area contributed by atoms with Crippen LogP contribution in [0.2, 0.25) is 0 Å². The van der Waals surface area contributed by atoms with Gasteiger partial charge in [-0.2, -0.15) is 0 Å². The number of benzene rings is 4. The Labute approximate surface area is 380 Å². The van der Waals surface area contributed by atoms with Crippen LogP contribution >= 0.6 is 0 Å². The largest absolute Gasteiger partial charge is 0.489 e. The molecular weight excluding hydrogens is 835 g/mol. The van der Waals surface area contributed by atoms with Crippen LogP contribution in [-0.2, 0) is 38.8 Å². The lowest BCUT2D eigenvalue weighted by atomic mass is 9.55. The van der Waals surface area contributed by atoms with Crippen molar-refractivity contribution in [3.63, 3.8) is 0 Å². The van der Waals surface area contributed by atoms with Crippen LogP contribution in [0.15, 0.2) is 127 Å². The number of allylic oxidation sites excluding steroid dienone is 1. The molecule has 2 N–H and O–H groups in total. The third-order valence-corrected chi connectivity index (χ3v) is 12.6. The summed E-state index contributed by atoms with van der Waals surface area (Å²) in [5.41, 5.74) is 4.36. The van der Waals surface area contributed by atoms with Gasteiger partial charge in [-0.3, -0.25) is 4.90 Å². The molecule has 4 aromatic carbocycles. The fourth-order valence-electron chi connectivity index (χ4n) is 9.75. The fourth-order valence-corrected chi connectivity index (χ4v) is 9.75. The van der Waals surface area contributed by atoms with Crippen LogP contribution in [0.3, 0.4) is 0 Å². The van der Waals surface area contributed by atoms with Gasteiger partial charge in [0.25, 0.3) is 0 Å². The van der Waals surface area contributed by atoms with Crippen LogP contribution in [0.4, 0.5) is 13.6 Å². The first kappa shape index (κ1) is 47.4. The number of aliphatic hydroxyl groups is 2. The number of nitrogens with zero attached hydrogens (tertiary/aromatic N) is 2. The van der Waals surface area contributed by atoms with Gasteiger partial charge in [0.05, 0.1) is 31.5 Å². The molecule has 0 radical (unpaired) electrons. The number of hydrogen-bond donors (Lipinski definition) is 2. The molecule has 1 saturated carbocycles. The second-order valence-electron chi connectivity index (χ2n) is 16.7. The molecule has 0 saturated heterocycles. The average molecular weight is 895 g/mol. The number of ether oxygens (including phenoxy) is 5. The Morgan fingerprint density at radius 1 is 0.908 bits per heavy atom. The fraction of sp³-hybridized carbons (Fsp3) is 0.423. The third-order valence-electron chi connectivity index (χ3n) is 12.6. The van der Waals surface area contributed by atoms with Crippen LogP contribution in [0.25, 0.3) is 0 Å². The Bertz CT molecular complexity index is 2240. The molecule has 346 valence electrons. The number of carbonyl (C=O) groups excluding carboxylic acids is 1. The number of amides is 1. The van der Waals surface area contributed by atoms with E-state index < -0.39 is 29.7 Å². The topological polar surface area (TPSA) is 129 Å². The highest BCUT2D eigenvalue weighted by atomic mass is 19.1. The number of unbranched alkanes of at least 4 members (excludes halogenated alkanes) is 2. The Balaban J connectivity index is 1.35. The Morgan fingerprint density at radius 3 is 2.40 bits per heavy atom. The molecule has 2 aliphatic carbocycles. The molecule has 65 heavy (non-hydrogen) atoms. The van der Waals surface area contributed by atoms with E-state index in [1.807, 2.05) is 42.5 Å². The van der Waals surface area contributed by atoms with Crippen molar-refractivity contribution in [2.24, 2.45) is 22.9 Å². The van der Waals surface area contributed by atoms with Crippen molar-refractivity contribution in [1.82, 2.24) is 4.90 Å². The SMILES string of the molecule is C=CCO[C@@]12Oc3ccc(OCc4ccccc4F)cc3[C@H]3[C@H](CCCCO)[C@@H](CCCCO)C=C(C(=NOC)C[C@@H]1N(Cc1ccc(F)cc1)C(=O)OCCOCc1ccccc1)[C@H]32. The van der Waals surface area contributed by atoms with E-state index in [2.05, 4.69) is 17.8 Å². The van der Waals surface area contributed by atoms with Crippen molar-refractivity contribution in [3.05, 3.63) is 155 Å². The first-order chi connectivity index (χ1) is 31.8. The van der Waals surface area contributed by atoms with Crippen LogP contribution in [0.5, 0.6) is 11.5 Å². The summed E-state index contributed by atoms with van der Waals surface area (Å²) in [6, 6.07) is 26.9. The van der Waals surface area contributed by atoms with Gasteiger partial charge in [-0.25, -0.2) is 13.6 Å². The van der Waals surface area contributed by atoms with Gasteiger partial charge in [-0.1, -0.05) is 90.8 Å². The highest BCUT2D eigenvalue weighted by Gasteiger charge is 2.65. The highest BCUT2D eigenvalue weighted by Crippen LogP contribution is 2.62. The molecule has 0 unspecified atom stereocenters. The Kier molecular flexibility index (Phi) is 16.8. The molecule has 0 spiro atoms. The lowest BCUT2D eigenvalue weighted by Gasteiger charge is -2.59. The maximum absolute atomic E-state index is 14.8. The van der Waals surface area contributed by atoms with Crippen molar-refractivity contribution in [1.29, 1.82) is 0 Å². The molecule has 0 bridgehead atoms. The molecule has 13 heteroatoms. The molecule has 1 amide bonds. The molecule has 1 fully saturated rings. The second kappa shape index (κ2) is 23.0. The number of carbonyl (C=O) groups is 1. The zero-order valence-corrected chi connectivity index (χ0v) is 37.0. The first-order valence-corrected chi connectivity index (χ1v) is 22.6. The van der Waals surface area contributed by atoms with Crippen LogP contribution in [-0.4, -0.2) is 78.9 Å². The van der Waals surface area contributed by atoms with Gasteiger partial charge in [0.15, 0.2) is 0 Å². The van der Waals surface area contributed by atoms with Crippen molar-refractivity contribution in [3.8, 4) is 11.5 Å². The van der Waals surface area contributed by atoms with E-state index >= 15 is 0 Å². The molecule has 0 aromatic heterocycles. The van der Waals surface area contributed by atoms with Crippen molar-refractivity contribution in [2.75, 3.05) is 40.1 Å². The summed E-state index contributed by atoms with van der Waals surface area (Å²) in [6.07, 6.45) is 7.64. The number of oxime groups is 1. The van der Waals surface area contributed by atoms with Crippen molar-refractivity contribution in [2.45, 2.75) is 82.5 Å². The number of rotatable bonds is 23. The second-order valence-corrected chi connectivity index (χ2v) is 16.7. The van der Waals surface area contributed by atoms with Gasteiger partial charge in [0.2, 0.25) is 5.79 Å². The minimum absolute atomic E-state index is 0.00608. The third kappa shape index (κ3) is 11.3. The summed E-state index contributed by atoms with van der Waals surface area (Å²) in [5.74, 6) is -2.23. The number of aliphatic hydroxyl groups excluding tert-OH is 2. The van der Waals surface area contributed by atoms with Crippen molar-refractivity contribution < 1.29 is 52.3 Å². The minimum atomic E-state index is -1.56. The first-order valence-electron chi connectivity index (χ1n) is 22.6. The Hall–Kier alpha value is -5.60. The molecular formula is C52H60F2N2O9. The summed E-state index contributed by atoms with van der Waals surface area (Å²) in [4.78, 5) is 21.9. The standard InChI is InChI=1S/C52H60F2N2O9/c1-3-27-64-52-48(56(33-36-19-21-40(53)22-20-36)51(59)62-29-28-61-34-37-13-5-4-6-14-37)32-46(55-60-2)43-30-38(15-9-11-25-57)42(17-10-12-26-58)49(50(43)52)44-31-41(23-24-47(44)65-52)63-35-39-16-7-8-18-45(39)54/h3-8,13-14,16,18-24,30-31,38,42,48-50,57-58H,1,9-12,15,17,25-29,32-35H2,2H3/t38-,42+,48-,49+,50+,52+/m0/s1. The Morgan fingerprint density at radius 2 is 1.66 bits per heavy atom. The number of halogens is 2. The zero-order valence-electron chi connectivity index (χ0n) is 37.0. The summed E-state index contributed by atoms with van der Waals surface area (Å²) in [5, 5.41) is 24.5. The molecule has 3 aliphatic rings. The van der Waals surface area contributed by atoms with Crippen molar-refractivity contribution >= 4 is 11.8 Å². The van der Waals surface area contributed by atoms with E-state index in [9.17, 15) is 23.8 Å². The van der Waals surface area contributed by atoms with E-state index in [-0.39, 0.29) is 76.2 Å². The van der Waals surface area contributed by atoms with Gasteiger partial charge in [0, 0.05) is 43.2 Å². The molecule has 6 atom stereocenters. The van der Waals surface area contributed by atoms with Gasteiger partial charge in [0.1, 0.15) is 49.5 Å². The van der Waals surface area contributed by atoms with E-state index in [0.29, 0.717) is 47.8 Å². The molecule has 7 rings (SSSR count). The summed E-state index contributed by atoms with van der Waals surface area (Å²) in [7, 11) is 1.49. The predicted molar refractivity (Wildman–Crippen MR) is 242 cm³/mol. The summed E-state index contributed by atoms with van der Waals surface area (Å²) in [6.45, 7) is 4.63. The minimum Gasteiger partial charge on any atom is -0.489 e. The molecule has 1 heterocycles. The maximum Gasteiger partial charge on any atom is 0.410 e. The summed E-state index contributed by atoms with van der Waals surface area (Å²) >= 11 is 0. The quantitative estimate of drug-likeness (QED) is 0.0425. The average Bonchev–Trinajstić information content (AvgIpc) is 3.32.